The standard InChI is InChI=1S/C16H14N4O/c21-16(20-8-13-7-17-11-18-14(13)9-20)10-19-6-5-12-3-1-2-4-15(12)19/h1-7,11H,8-10H2. The first kappa shape index (κ1) is 12.1. The highest BCUT2D eigenvalue weighted by Gasteiger charge is 2.24. The van der Waals surface area contributed by atoms with Crippen molar-refractivity contribution in [2.24, 2.45) is 0 Å². The van der Waals surface area contributed by atoms with Gasteiger partial charge in [-0.1, -0.05) is 18.2 Å². The summed E-state index contributed by atoms with van der Waals surface area (Å²) < 4.78 is 1.99. The van der Waals surface area contributed by atoms with E-state index in [0.717, 1.165) is 22.2 Å². The number of nitrogens with zero attached hydrogens (tertiary/aromatic N) is 4. The molecule has 21 heavy (non-hydrogen) atoms. The lowest BCUT2D eigenvalue weighted by atomic mass is 10.2. The van der Waals surface area contributed by atoms with Crippen molar-refractivity contribution in [3.63, 3.8) is 0 Å². The lowest BCUT2D eigenvalue weighted by Gasteiger charge is -2.16. The number of aromatic nitrogens is 3. The summed E-state index contributed by atoms with van der Waals surface area (Å²) in [4.78, 5) is 22.5. The molecule has 1 aromatic carbocycles. The van der Waals surface area contributed by atoms with Gasteiger partial charge in [0.2, 0.25) is 5.91 Å². The SMILES string of the molecule is O=C(Cn1ccc2ccccc21)N1Cc2cncnc2C1. The van der Waals surface area contributed by atoms with Gasteiger partial charge in [0.15, 0.2) is 0 Å². The molecule has 0 bridgehead atoms. The molecule has 104 valence electrons. The average molecular weight is 278 g/mol. The van der Waals surface area contributed by atoms with Gasteiger partial charge in [-0.05, 0) is 17.5 Å². The summed E-state index contributed by atoms with van der Waals surface area (Å²) in [5, 5.41) is 1.15. The third kappa shape index (κ3) is 2.07. The summed E-state index contributed by atoms with van der Waals surface area (Å²) >= 11 is 0. The Morgan fingerprint density at radius 2 is 2.10 bits per heavy atom. The molecule has 0 radical (unpaired) electrons. The van der Waals surface area contributed by atoms with Gasteiger partial charge >= 0.3 is 0 Å². The number of benzene rings is 1. The predicted octanol–water partition coefficient (Wildman–Crippen LogP) is 1.97. The Kier molecular flexibility index (Phi) is 2.70. The van der Waals surface area contributed by atoms with Crippen LogP contribution >= 0.6 is 0 Å². The minimum atomic E-state index is 0.106. The van der Waals surface area contributed by atoms with Crippen LogP contribution < -0.4 is 0 Å². The summed E-state index contributed by atoms with van der Waals surface area (Å²) in [6.45, 7) is 1.54. The smallest absolute Gasteiger partial charge is 0.243 e. The molecule has 0 N–H and O–H groups in total. The van der Waals surface area contributed by atoms with Gasteiger partial charge in [-0.15, -0.1) is 0 Å². The second-order valence-electron chi connectivity index (χ2n) is 5.25. The van der Waals surface area contributed by atoms with Crippen LogP contribution in [0.4, 0.5) is 0 Å². The molecule has 0 saturated heterocycles. The van der Waals surface area contributed by atoms with Crippen molar-refractivity contribution >= 4 is 16.8 Å². The molecule has 0 aliphatic carbocycles. The number of carbonyl (C=O) groups excluding carboxylic acids is 1. The summed E-state index contributed by atoms with van der Waals surface area (Å²) in [5.74, 6) is 0.106. The molecule has 0 saturated carbocycles. The second kappa shape index (κ2) is 4.70. The van der Waals surface area contributed by atoms with E-state index in [2.05, 4.69) is 16.0 Å². The number of fused-ring (bicyclic) bond motifs is 2. The van der Waals surface area contributed by atoms with Crippen LogP contribution in [0.5, 0.6) is 0 Å². The molecule has 1 aliphatic rings. The maximum atomic E-state index is 12.5. The number of hydrogen-bond acceptors (Lipinski definition) is 3. The van der Waals surface area contributed by atoms with Crippen molar-refractivity contribution in [3.05, 3.63) is 60.3 Å². The van der Waals surface area contributed by atoms with Crippen LogP contribution in [0.15, 0.2) is 49.1 Å². The van der Waals surface area contributed by atoms with Crippen molar-refractivity contribution < 1.29 is 4.79 Å². The topological polar surface area (TPSA) is 51.0 Å². The highest BCUT2D eigenvalue weighted by atomic mass is 16.2. The van der Waals surface area contributed by atoms with E-state index in [9.17, 15) is 4.79 Å². The van der Waals surface area contributed by atoms with Crippen LogP contribution in [-0.4, -0.2) is 25.3 Å². The van der Waals surface area contributed by atoms with Crippen molar-refractivity contribution in [1.29, 1.82) is 0 Å². The Bertz CT molecular complexity index is 799. The second-order valence-corrected chi connectivity index (χ2v) is 5.25. The zero-order valence-corrected chi connectivity index (χ0v) is 11.4. The van der Waals surface area contributed by atoms with Gasteiger partial charge < -0.3 is 9.47 Å². The first-order valence-corrected chi connectivity index (χ1v) is 6.91. The van der Waals surface area contributed by atoms with Gasteiger partial charge in [0.25, 0.3) is 0 Å². The van der Waals surface area contributed by atoms with Gasteiger partial charge in [0.05, 0.1) is 12.2 Å². The first-order chi connectivity index (χ1) is 10.3. The van der Waals surface area contributed by atoms with E-state index in [1.807, 2.05) is 39.9 Å². The quantitative estimate of drug-likeness (QED) is 0.720. The van der Waals surface area contributed by atoms with Gasteiger partial charge in [-0.3, -0.25) is 4.79 Å². The van der Waals surface area contributed by atoms with Crippen molar-refractivity contribution in [2.75, 3.05) is 0 Å². The number of para-hydroxylation sites is 1. The maximum absolute atomic E-state index is 12.5. The minimum Gasteiger partial charge on any atom is -0.338 e. The van der Waals surface area contributed by atoms with E-state index in [0.29, 0.717) is 19.6 Å². The minimum absolute atomic E-state index is 0.106. The van der Waals surface area contributed by atoms with Crippen LogP contribution in [0.25, 0.3) is 10.9 Å². The number of hydrogen-bond donors (Lipinski definition) is 0. The molecule has 3 aromatic rings. The van der Waals surface area contributed by atoms with E-state index in [1.54, 1.807) is 6.20 Å². The zero-order valence-electron chi connectivity index (χ0n) is 11.4. The fourth-order valence-corrected chi connectivity index (χ4v) is 2.80. The number of carbonyl (C=O) groups is 1. The highest BCUT2D eigenvalue weighted by molar-refractivity contribution is 5.83. The molecule has 0 spiro atoms. The Morgan fingerprint density at radius 1 is 1.19 bits per heavy atom. The van der Waals surface area contributed by atoms with Crippen molar-refractivity contribution in [3.8, 4) is 0 Å². The normalized spacial score (nSPS) is 13.6. The Labute approximate surface area is 121 Å². The van der Waals surface area contributed by atoms with Crippen LogP contribution in [0, 0.1) is 0 Å². The van der Waals surface area contributed by atoms with E-state index in [-0.39, 0.29) is 5.91 Å². The molecular weight excluding hydrogens is 264 g/mol. The molecule has 0 unspecified atom stereocenters. The molecule has 3 heterocycles. The zero-order chi connectivity index (χ0) is 14.2. The Morgan fingerprint density at radius 3 is 3.00 bits per heavy atom. The van der Waals surface area contributed by atoms with Gasteiger partial charge in [0.1, 0.15) is 12.9 Å². The summed E-state index contributed by atoms with van der Waals surface area (Å²) in [5.41, 5.74) is 3.08. The number of rotatable bonds is 2. The van der Waals surface area contributed by atoms with Crippen LogP contribution in [0.1, 0.15) is 11.3 Å². The third-order valence-corrected chi connectivity index (χ3v) is 3.92. The molecule has 1 amide bonds. The lowest BCUT2D eigenvalue weighted by Crippen LogP contribution is -2.28. The van der Waals surface area contributed by atoms with E-state index >= 15 is 0 Å². The van der Waals surface area contributed by atoms with Gasteiger partial charge in [-0.2, -0.15) is 0 Å². The van der Waals surface area contributed by atoms with Crippen LogP contribution in [0.3, 0.4) is 0 Å². The van der Waals surface area contributed by atoms with Crippen LogP contribution in [-0.2, 0) is 24.4 Å². The van der Waals surface area contributed by atoms with E-state index in [4.69, 9.17) is 0 Å². The fourth-order valence-electron chi connectivity index (χ4n) is 2.80. The van der Waals surface area contributed by atoms with Crippen molar-refractivity contribution in [2.45, 2.75) is 19.6 Å². The lowest BCUT2D eigenvalue weighted by molar-refractivity contribution is -0.132. The maximum Gasteiger partial charge on any atom is 0.243 e. The Hall–Kier alpha value is -2.69. The van der Waals surface area contributed by atoms with E-state index in [1.165, 1.54) is 6.33 Å². The molecule has 2 aromatic heterocycles. The van der Waals surface area contributed by atoms with Crippen molar-refractivity contribution in [1.82, 2.24) is 19.4 Å². The van der Waals surface area contributed by atoms with Gasteiger partial charge in [0, 0.05) is 30.0 Å². The Balaban J connectivity index is 1.55. The first-order valence-electron chi connectivity index (χ1n) is 6.91. The highest BCUT2D eigenvalue weighted by Crippen LogP contribution is 2.21. The summed E-state index contributed by atoms with van der Waals surface area (Å²) in [7, 11) is 0. The molecular formula is C16H14N4O. The molecule has 0 fully saturated rings. The predicted molar refractivity (Wildman–Crippen MR) is 78.2 cm³/mol. The fraction of sp³-hybridized carbons (Fsp3) is 0.188. The average Bonchev–Trinajstić information content (AvgIpc) is 3.11. The molecule has 4 rings (SSSR count). The molecule has 1 aliphatic heterocycles. The van der Waals surface area contributed by atoms with E-state index < -0.39 is 0 Å². The summed E-state index contributed by atoms with van der Waals surface area (Å²) in [6, 6.07) is 10.1. The van der Waals surface area contributed by atoms with Crippen LogP contribution in [0.2, 0.25) is 0 Å². The largest absolute Gasteiger partial charge is 0.338 e. The number of amides is 1. The third-order valence-electron chi connectivity index (χ3n) is 3.92. The van der Waals surface area contributed by atoms with Gasteiger partial charge in [-0.25, -0.2) is 9.97 Å². The monoisotopic (exact) mass is 278 g/mol. The summed E-state index contributed by atoms with van der Waals surface area (Å²) in [6.07, 6.45) is 5.29. The molecule has 5 nitrogen and oxygen atoms in total. The molecule has 0 atom stereocenters. The molecule has 5 heteroatoms.